The maximum Gasteiger partial charge on any atom is 0.471 e. The second-order valence-corrected chi connectivity index (χ2v) is 7.20. The first-order valence-corrected chi connectivity index (χ1v) is 8.91. The molecule has 0 fully saturated rings. The monoisotopic (exact) mass is 379 g/mol. The topological polar surface area (TPSA) is 85.5 Å². The number of alkyl halides is 3. The van der Waals surface area contributed by atoms with Crippen LogP contribution in [-0.2, 0) is 27.5 Å². The third-order valence-electron chi connectivity index (χ3n) is 3.28. The van der Waals surface area contributed by atoms with Gasteiger partial charge >= 0.3 is 12.1 Å². The molecule has 0 aliphatic carbocycles. The van der Waals surface area contributed by atoms with Crippen LogP contribution in [0, 0.1) is 0 Å². The Morgan fingerprint density at radius 2 is 1.88 bits per heavy atom. The van der Waals surface area contributed by atoms with Crippen molar-refractivity contribution in [2.24, 2.45) is 0 Å². The minimum atomic E-state index is -4.70. The number of hydroxylamine groups is 1. The number of benzene rings is 1. The summed E-state index contributed by atoms with van der Waals surface area (Å²) in [5, 5.41) is 3.30. The molecule has 0 aliphatic rings. The van der Waals surface area contributed by atoms with Gasteiger partial charge in [0.05, 0.1) is 19.4 Å². The zero-order valence-electron chi connectivity index (χ0n) is 13.6. The quantitative estimate of drug-likeness (QED) is 0.717. The number of hydrogen-bond donors (Lipinski definition) is 0. The Morgan fingerprint density at radius 1 is 1.28 bits per heavy atom. The van der Waals surface area contributed by atoms with E-state index in [1.165, 1.54) is 19.2 Å². The van der Waals surface area contributed by atoms with E-state index in [9.17, 15) is 21.6 Å². The second kappa shape index (κ2) is 7.10. The van der Waals surface area contributed by atoms with Crippen molar-refractivity contribution in [1.82, 2.24) is 14.6 Å². The highest BCUT2D eigenvalue weighted by molar-refractivity contribution is 7.88. The lowest BCUT2D eigenvalue weighted by molar-refractivity contribution is -0.159. The summed E-state index contributed by atoms with van der Waals surface area (Å²) >= 11 is 0. The molecular formula is C14H16F3N3O4S. The number of aromatic nitrogens is 2. The van der Waals surface area contributed by atoms with E-state index in [-0.39, 0.29) is 5.82 Å². The number of nitrogens with zero attached hydrogens (tertiary/aromatic N) is 3. The maximum absolute atomic E-state index is 12.5. The summed E-state index contributed by atoms with van der Waals surface area (Å²) < 4.78 is 65.7. The maximum atomic E-state index is 12.5. The van der Waals surface area contributed by atoms with Crippen LogP contribution in [0.4, 0.5) is 13.2 Å². The van der Waals surface area contributed by atoms with Crippen LogP contribution < -0.4 is 0 Å². The summed E-state index contributed by atoms with van der Waals surface area (Å²) in [7, 11) is -2.27. The van der Waals surface area contributed by atoms with Crippen molar-refractivity contribution in [3.63, 3.8) is 0 Å². The van der Waals surface area contributed by atoms with Gasteiger partial charge in [0.2, 0.25) is 15.8 Å². The Morgan fingerprint density at radius 3 is 2.32 bits per heavy atom. The predicted molar refractivity (Wildman–Crippen MR) is 81.6 cm³/mol. The summed E-state index contributed by atoms with van der Waals surface area (Å²) in [6, 6.07) is 5.89. The first kappa shape index (κ1) is 19.3. The average molecular weight is 379 g/mol. The van der Waals surface area contributed by atoms with Gasteiger partial charge in [-0.25, -0.2) is 8.42 Å². The van der Waals surface area contributed by atoms with Crippen molar-refractivity contribution in [2.45, 2.75) is 25.6 Å². The summed E-state index contributed by atoms with van der Waals surface area (Å²) in [4.78, 5) is 8.19. The van der Waals surface area contributed by atoms with Crippen molar-refractivity contribution in [3.05, 3.63) is 35.7 Å². The third kappa shape index (κ3) is 4.77. The molecule has 7 nitrogen and oxygen atoms in total. The molecule has 138 valence electrons. The van der Waals surface area contributed by atoms with Gasteiger partial charge in [0.1, 0.15) is 0 Å². The van der Waals surface area contributed by atoms with Crippen molar-refractivity contribution < 1.29 is 30.9 Å². The molecule has 0 aliphatic heterocycles. The van der Waals surface area contributed by atoms with Gasteiger partial charge in [-0.2, -0.15) is 18.2 Å². The largest absolute Gasteiger partial charge is 0.471 e. The molecule has 2 rings (SSSR count). The van der Waals surface area contributed by atoms with Crippen molar-refractivity contribution in [3.8, 4) is 11.4 Å². The number of halogens is 3. The van der Waals surface area contributed by atoms with Crippen molar-refractivity contribution >= 4 is 10.0 Å². The Bertz CT molecular complexity index is 819. The van der Waals surface area contributed by atoms with E-state index in [0.717, 1.165) is 16.3 Å². The molecule has 0 spiro atoms. The molecule has 0 amide bonds. The smallest absolute Gasteiger partial charge is 0.329 e. The first-order chi connectivity index (χ1) is 11.5. The van der Waals surface area contributed by atoms with Crippen LogP contribution in [0.2, 0.25) is 0 Å². The van der Waals surface area contributed by atoms with E-state index in [2.05, 4.69) is 14.7 Å². The molecule has 0 bridgehead atoms. The van der Waals surface area contributed by atoms with E-state index in [1.807, 2.05) is 0 Å². The molecule has 11 heteroatoms. The lowest BCUT2D eigenvalue weighted by Gasteiger charge is -2.24. The highest BCUT2D eigenvalue weighted by atomic mass is 32.2. The standard InChI is InChI=1S/C14H16F3N3O4S/c1-9(20(23-2)25(3,21)22)8-10-4-6-11(7-5-10)12-18-13(24-19-12)14(15,16)17/h4-7,9H,8H2,1-3H3. The second-order valence-electron chi connectivity index (χ2n) is 5.37. The van der Waals surface area contributed by atoms with Gasteiger partial charge < -0.3 is 4.52 Å². The predicted octanol–water partition coefficient (Wildman–Crippen LogP) is 2.51. The van der Waals surface area contributed by atoms with E-state index in [1.54, 1.807) is 19.1 Å². The van der Waals surface area contributed by atoms with Crippen LogP contribution in [0.5, 0.6) is 0 Å². The zero-order valence-corrected chi connectivity index (χ0v) is 14.4. The molecule has 1 aromatic heterocycles. The fourth-order valence-corrected chi connectivity index (χ4v) is 3.30. The van der Waals surface area contributed by atoms with Gasteiger partial charge in [0.25, 0.3) is 0 Å². The third-order valence-corrected chi connectivity index (χ3v) is 4.44. The van der Waals surface area contributed by atoms with Crippen LogP contribution in [0.1, 0.15) is 18.4 Å². The van der Waals surface area contributed by atoms with Gasteiger partial charge in [0.15, 0.2) is 0 Å². The van der Waals surface area contributed by atoms with E-state index < -0.39 is 28.1 Å². The van der Waals surface area contributed by atoms with Gasteiger partial charge in [-0.05, 0) is 18.9 Å². The normalized spacial score (nSPS) is 14.0. The van der Waals surface area contributed by atoms with Crippen LogP contribution in [0.25, 0.3) is 11.4 Å². The lowest BCUT2D eigenvalue weighted by atomic mass is 10.1. The SMILES string of the molecule is CON(C(C)Cc1ccc(-c2noc(C(F)(F)F)n2)cc1)S(C)(=O)=O. The Labute approximate surface area is 142 Å². The van der Waals surface area contributed by atoms with Gasteiger partial charge in [-0.1, -0.05) is 33.9 Å². The Balaban J connectivity index is 2.13. The molecule has 25 heavy (non-hydrogen) atoms. The molecule has 0 saturated carbocycles. The lowest BCUT2D eigenvalue weighted by Crippen LogP contribution is -2.38. The highest BCUT2D eigenvalue weighted by Gasteiger charge is 2.38. The summed E-state index contributed by atoms with van der Waals surface area (Å²) in [6.07, 6.45) is -3.32. The number of sulfonamides is 1. The van der Waals surface area contributed by atoms with Gasteiger partial charge in [-0.3, -0.25) is 4.84 Å². The van der Waals surface area contributed by atoms with E-state index >= 15 is 0 Å². The average Bonchev–Trinajstić information content (AvgIpc) is 2.97. The minimum absolute atomic E-state index is 0.179. The van der Waals surface area contributed by atoms with Crippen LogP contribution in [0.3, 0.4) is 0 Å². The highest BCUT2D eigenvalue weighted by Crippen LogP contribution is 2.29. The Kier molecular flexibility index (Phi) is 5.49. The minimum Gasteiger partial charge on any atom is -0.329 e. The van der Waals surface area contributed by atoms with Crippen LogP contribution in [-0.4, -0.2) is 42.4 Å². The van der Waals surface area contributed by atoms with E-state index in [0.29, 0.717) is 12.0 Å². The molecule has 1 heterocycles. The zero-order chi connectivity index (χ0) is 18.8. The molecule has 1 atom stereocenters. The molecule has 0 N–H and O–H groups in total. The summed E-state index contributed by atoms with van der Waals surface area (Å²) in [5.74, 6) is -1.59. The number of hydrogen-bond acceptors (Lipinski definition) is 6. The molecule has 1 unspecified atom stereocenters. The van der Waals surface area contributed by atoms with Gasteiger partial charge in [0, 0.05) is 5.56 Å². The molecule has 0 saturated heterocycles. The molecular weight excluding hydrogens is 363 g/mol. The first-order valence-electron chi connectivity index (χ1n) is 7.06. The van der Waals surface area contributed by atoms with Gasteiger partial charge in [-0.15, -0.1) is 0 Å². The fourth-order valence-electron chi connectivity index (χ4n) is 2.30. The van der Waals surface area contributed by atoms with Crippen LogP contribution in [0.15, 0.2) is 28.8 Å². The molecule has 0 radical (unpaired) electrons. The summed E-state index contributed by atoms with van der Waals surface area (Å²) in [6.45, 7) is 1.67. The molecule has 2 aromatic rings. The van der Waals surface area contributed by atoms with Crippen molar-refractivity contribution in [1.29, 1.82) is 0 Å². The van der Waals surface area contributed by atoms with Crippen LogP contribution >= 0.6 is 0 Å². The Hall–Kier alpha value is -1.98. The summed E-state index contributed by atoms with van der Waals surface area (Å²) in [5.41, 5.74) is 1.11. The van der Waals surface area contributed by atoms with Crippen molar-refractivity contribution in [2.75, 3.05) is 13.4 Å². The van der Waals surface area contributed by atoms with E-state index in [4.69, 9.17) is 4.84 Å². The number of rotatable bonds is 6. The fraction of sp³-hybridized carbons (Fsp3) is 0.429. The molecule has 1 aromatic carbocycles.